The molecule has 2 rings (SSSR count). The van der Waals surface area contributed by atoms with Gasteiger partial charge in [0.2, 0.25) is 10.0 Å². The highest BCUT2D eigenvalue weighted by molar-refractivity contribution is 7.92. The van der Waals surface area contributed by atoms with Crippen LogP contribution in [0.15, 0.2) is 46.2 Å². The maximum Gasteiger partial charge on any atom is 0.416 e. The van der Waals surface area contributed by atoms with E-state index in [9.17, 15) is 47.6 Å². The maximum absolute atomic E-state index is 14.0. The topological polar surface area (TPSA) is 106 Å². The van der Waals surface area contributed by atoms with Gasteiger partial charge in [-0.3, -0.25) is 4.72 Å². The number of nitrogens with one attached hydrogen (secondary N) is 1. The molecule has 0 amide bonds. The van der Waals surface area contributed by atoms with E-state index in [1.165, 1.54) is 4.72 Å². The zero-order valence-electron chi connectivity index (χ0n) is 13.6. The van der Waals surface area contributed by atoms with E-state index in [4.69, 9.17) is 5.14 Å². The van der Waals surface area contributed by atoms with Crippen LogP contribution in [-0.2, 0) is 32.4 Å². The molecule has 0 spiro atoms. The second-order valence-corrected chi connectivity index (χ2v) is 8.78. The SMILES string of the molecule is NS(=O)(=O)c1ccc(NS(=O)(=O)c2cc(C(F)(F)F)cc(C(F)(F)F)c2)c(F)c1. The van der Waals surface area contributed by atoms with Crippen molar-refractivity contribution < 1.29 is 47.6 Å². The van der Waals surface area contributed by atoms with E-state index in [0.29, 0.717) is 18.2 Å². The van der Waals surface area contributed by atoms with Crippen LogP contribution in [0.2, 0.25) is 0 Å². The van der Waals surface area contributed by atoms with E-state index >= 15 is 0 Å². The standard InChI is InChI=1S/C14H9F7N2O4S2/c15-11-6-9(28(22,24)25)1-2-12(11)23-29(26,27)10-4-7(13(16,17)18)3-8(5-10)14(19,20)21/h1-6,23H,(H2,22,24,25). The first-order valence-corrected chi connectivity index (χ1v) is 10.1. The third-order valence-corrected chi connectivity index (χ3v) is 5.64. The quantitative estimate of drug-likeness (QED) is 0.675. The van der Waals surface area contributed by atoms with Crippen LogP contribution < -0.4 is 9.86 Å². The molecule has 3 N–H and O–H groups in total. The summed E-state index contributed by atoms with van der Waals surface area (Å²) >= 11 is 0. The van der Waals surface area contributed by atoms with Crippen LogP contribution in [0.3, 0.4) is 0 Å². The molecule has 15 heteroatoms. The Hall–Kier alpha value is -2.39. The molecule has 0 aliphatic carbocycles. The predicted octanol–water partition coefficient (Wildman–Crippen LogP) is 3.31. The van der Waals surface area contributed by atoms with Crippen LogP contribution >= 0.6 is 0 Å². The number of nitrogens with two attached hydrogens (primary N) is 1. The lowest BCUT2D eigenvalue weighted by molar-refractivity contribution is -0.143. The summed E-state index contributed by atoms with van der Waals surface area (Å²) < 4.78 is 139. The number of hydrogen-bond donors (Lipinski definition) is 2. The number of hydrogen-bond acceptors (Lipinski definition) is 4. The average Bonchev–Trinajstić information content (AvgIpc) is 2.53. The largest absolute Gasteiger partial charge is 0.416 e. The zero-order valence-corrected chi connectivity index (χ0v) is 15.3. The minimum atomic E-state index is -5.30. The summed E-state index contributed by atoms with van der Waals surface area (Å²) in [5, 5.41) is 4.76. The van der Waals surface area contributed by atoms with Crippen molar-refractivity contribution in [1.29, 1.82) is 0 Å². The van der Waals surface area contributed by atoms with Gasteiger partial charge in [-0.1, -0.05) is 0 Å². The van der Waals surface area contributed by atoms with Crippen molar-refractivity contribution in [3.05, 3.63) is 53.3 Å². The van der Waals surface area contributed by atoms with Crippen molar-refractivity contribution in [3.8, 4) is 0 Å². The minimum Gasteiger partial charge on any atom is -0.277 e. The summed E-state index contributed by atoms with van der Waals surface area (Å²) in [5.41, 5.74) is -4.71. The van der Waals surface area contributed by atoms with Crippen molar-refractivity contribution in [3.63, 3.8) is 0 Å². The Morgan fingerprint density at radius 1 is 0.759 bits per heavy atom. The molecule has 29 heavy (non-hydrogen) atoms. The van der Waals surface area contributed by atoms with Crippen molar-refractivity contribution in [1.82, 2.24) is 0 Å². The monoisotopic (exact) mass is 466 g/mol. The molecule has 0 atom stereocenters. The lowest BCUT2D eigenvalue weighted by Crippen LogP contribution is -2.18. The Morgan fingerprint density at radius 2 is 1.24 bits per heavy atom. The van der Waals surface area contributed by atoms with E-state index < -0.39 is 64.8 Å². The Kier molecular flexibility index (Phi) is 5.64. The predicted molar refractivity (Wildman–Crippen MR) is 85.0 cm³/mol. The van der Waals surface area contributed by atoms with Crippen molar-refractivity contribution in [2.24, 2.45) is 5.14 Å². The first-order valence-electron chi connectivity index (χ1n) is 7.06. The number of primary sulfonamides is 1. The highest BCUT2D eigenvalue weighted by Gasteiger charge is 2.38. The van der Waals surface area contributed by atoms with Gasteiger partial charge in [-0.25, -0.2) is 26.4 Å². The lowest BCUT2D eigenvalue weighted by Gasteiger charge is -2.15. The van der Waals surface area contributed by atoms with E-state index in [0.717, 1.165) is 0 Å². The second-order valence-electron chi connectivity index (χ2n) is 5.53. The third kappa shape index (κ3) is 5.36. The van der Waals surface area contributed by atoms with E-state index in [2.05, 4.69) is 0 Å². The smallest absolute Gasteiger partial charge is 0.277 e. The Balaban J connectivity index is 2.56. The number of alkyl halides is 6. The van der Waals surface area contributed by atoms with Gasteiger partial charge in [-0.2, -0.15) is 26.3 Å². The molecule has 0 saturated carbocycles. The first-order chi connectivity index (χ1) is 12.9. The number of sulfonamides is 2. The molecule has 2 aromatic rings. The highest BCUT2D eigenvalue weighted by Crippen LogP contribution is 2.37. The molecule has 0 aliphatic rings. The number of anilines is 1. The minimum absolute atomic E-state index is 0.0613. The van der Waals surface area contributed by atoms with Crippen LogP contribution in [0, 0.1) is 5.82 Å². The molecular formula is C14H9F7N2O4S2. The van der Waals surface area contributed by atoms with Gasteiger partial charge < -0.3 is 0 Å². The van der Waals surface area contributed by atoms with Gasteiger partial charge in [-0.15, -0.1) is 0 Å². The van der Waals surface area contributed by atoms with Gasteiger partial charge in [0, 0.05) is 0 Å². The summed E-state index contributed by atoms with van der Waals surface area (Å²) in [7, 11) is -9.47. The van der Waals surface area contributed by atoms with Crippen LogP contribution in [0.4, 0.5) is 36.4 Å². The van der Waals surface area contributed by atoms with Gasteiger partial charge in [0.05, 0.1) is 26.6 Å². The van der Waals surface area contributed by atoms with Gasteiger partial charge >= 0.3 is 12.4 Å². The number of benzene rings is 2. The Bertz CT molecular complexity index is 1130. The van der Waals surface area contributed by atoms with E-state index in [-0.39, 0.29) is 18.2 Å². The molecule has 0 heterocycles. The fraction of sp³-hybridized carbons (Fsp3) is 0.143. The summed E-state index contributed by atoms with van der Waals surface area (Å²) in [6.07, 6.45) is -10.6. The highest BCUT2D eigenvalue weighted by atomic mass is 32.2. The molecule has 0 saturated heterocycles. The van der Waals surface area contributed by atoms with Crippen LogP contribution in [0.5, 0.6) is 0 Å². The normalized spacial score (nSPS) is 13.4. The number of rotatable bonds is 4. The fourth-order valence-corrected chi connectivity index (χ4v) is 3.70. The van der Waals surface area contributed by atoms with Crippen LogP contribution in [0.1, 0.15) is 11.1 Å². The third-order valence-electron chi connectivity index (χ3n) is 3.38. The summed E-state index contributed by atoms with van der Waals surface area (Å²) in [6, 6.07) is 1.19. The molecule has 0 bridgehead atoms. The summed E-state index contributed by atoms with van der Waals surface area (Å²) in [6.45, 7) is 0. The molecule has 0 unspecified atom stereocenters. The summed E-state index contributed by atoms with van der Waals surface area (Å²) in [5.74, 6) is -1.48. The second kappa shape index (κ2) is 7.14. The first kappa shape index (κ1) is 22.9. The van der Waals surface area contributed by atoms with Gasteiger partial charge in [-0.05, 0) is 36.4 Å². The van der Waals surface area contributed by atoms with Crippen molar-refractivity contribution >= 4 is 25.7 Å². The molecule has 0 fully saturated rings. The molecule has 6 nitrogen and oxygen atoms in total. The Labute approximate surface area is 159 Å². The van der Waals surface area contributed by atoms with Gasteiger partial charge in [0.1, 0.15) is 5.82 Å². The number of halogens is 7. The molecule has 0 radical (unpaired) electrons. The van der Waals surface area contributed by atoms with Gasteiger partial charge in [0.25, 0.3) is 10.0 Å². The molecule has 0 aromatic heterocycles. The van der Waals surface area contributed by atoms with Crippen molar-refractivity contribution in [2.75, 3.05) is 4.72 Å². The fourth-order valence-electron chi connectivity index (χ4n) is 2.04. The average molecular weight is 466 g/mol. The zero-order chi connectivity index (χ0) is 22.4. The van der Waals surface area contributed by atoms with E-state index in [1.807, 2.05) is 0 Å². The summed E-state index contributed by atoms with van der Waals surface area (Å²) in [4.78, 5) is -2.18. The van der Waals surface area contributed by atoms with Crippen LogP contribution in [-0.4, -0.2) is 16.8 Å². The van der Waals surface area contributed by atoms with Gasteiger partial charge in [0.15, 0.2) is 0 Å². The molecule has 2 aromatic carbocycles. The Morgan fingerprint density at radius 3 is 1.62 bits per heavy atom. The molecule has 160 valence electrons. The molecular weight excluding hydrogens is 457 g/mol. The lowest BCUT2D eigenvalue weighted by atomic mass is 10.1. The van der Waals surface area contributed by atoms with E-state index in [1.54, 1.807) is 0 Å². The van der Waals surface area contributed by atoms with Crippen LogP contribution in [0.25, 0.3) is 0 Å². The van der Waals surface area contributed by atoms with Crippen molar-refractivity contribution in [2.45, 2.75) is 22.1 Å². The molecule has 0 aliphatic heterocycles. The maximum atomic E-state index is 14.0.